The molecule has 10 heteroatoms. The van der Waals surface area contributed by atoms with Gasteiger partial charge in [-0.3, -0.25) is 14.4 Å². The average molecular weight is 601 g/mol. The first-order valence-electron chi connectivity index (χ1n) is 14.5. The van der Waals surface area contributed by atoms with Crippen molar-refractivity contribution in [3.63, 3.8) is 0 Å². The minimum atomic E-state index is -1.37. The van der Waals surface area contributed by atoms with Crippen molar-refractivity contribution in [3.05, 3.63) is 101 Å². The third-order valence-corrected chi connectivity index (χ3v) is 6.91. The van der Waals surface area contributed by atoms with Gasteiger partial charge in [0.15, 0.2) is 0 Å². The van der Waals surface area contributed by atoms with E-state index in [2.05, 4.69) is 16.0 Å². The fourth-order valence-electron chi connectivity index (χ4n) is 4.64. The molecular formula is C34H40N4O6. The largest absolute Gasteiger partial charge is 0.444 e. The van der Waals surface area contributed by atoms with Crippen molar-refractivity contribution in [3.8, 4) is 0 Å². The zero-order chi connectivity index (χ0) is 31.9. The standard InChI is InChI=1S/C34H40N4O6/c1-33(2,3)44-32(42)37-34(4,5)31(41)36-28(22-43-21-23-12-8-6-9-13-23)30(40)38-19-25-16-17-27(18-26(25)20-38)35-29(39)24-14-10-7-11-15-24/h6-18,28H,19-22H2,1-5H3,(H,35,39)(H,36,41)(H,37,42). The lowest BCUT2D eigenvalue weighted by Gasteiger charge is -2.30. The molecule has 0 saturated carbocycles. The van der Waals surface area contributed by atoms with Gasteiger partial charge in [-0.05, 0) is 75.6 Å². The molecule has 3 aromatic carbocycles. The summed E-state index contributed by atoms with van der Waals surface area (Å²) in [7, 11) is 0. The van der Waals surface area contributed by atoms with Gasteiger partial charge in [-0.25, -0.2) is 4.79 Å². The van der Waals surface area contributed by atoms with Gasteiger partial charge in [-0.2, -0.15) is 0 Å². The molecule has 0 fully saturated rings. The number of nitrogens with one attached hydrogen (secondary N) is 3. The van der Waals surface area contributed by atoms with Crippen LogP contribution in [0.3, 0.4) is 0 Å². The number of rotatable bonds is 10. The molecule has 1 atom stereocenters. The van der Waals surface area contributed by atoms with Crippen LogP contribution in [0.15, 0.2) is 78.9 Å². The van der Waals surface area contributed by atoms with Gasteiger partial charge in [0.2, 0.25) is 11.8 Å². The molecule has 1 heterocycles. The molecule has 232 valence electrons. The first-order chi connectivity index (χ1) is 20.8. The van der Waals surface area contributed by atoms with Gasteiger partial charge >= 0.3 is 6.09 Å². The van der Waals surface area contributed by atoms with Crippen LogP contribution in [0, 0.1) is 0 Å². The van der Waals surface area contributed by atoms with Gasteiger partial charge in [-0.15, -0.1) is 0 Å². The van der Waals surface area contributed by atoms with E-state index in [0.717, 1.165) is 16.7 Å². The Labute approximate surface area is 258 Å². The van der Waals surface area contributed by atoms with Crippen LogP contribution in [0.5, 0.6) is 0 Å². The Bertz CT molecular complexity index is 1480. The molecule has 1 aliphatic rings. The maximum absolute atomic E-state index is 13.8. The Hall–Kier alpha value is -4.70. The summed E-state index contributed by atoms with van der Waals surface area (Å²) in [6, 6.07) is 23.0. The van der Waals surface area contributed by atoms with Crippen LogP contribution < -0.4 is 16.0 Å². The van der Waals surface area contributed by atoms with Gasteiger partial charge in [0.05, 0.1) is 13.2 Å². The van der Waals surface area contributed by atoms with Gasteiger partial charge in [-0.1, -0.05) is 54.6 Å². The lowest BCUT2D eigenvalue weighted by molar-refractivity contribution is -0.140. The number of carbonyl (C=O) groups is 4. The van der Waals surface area contributed by atoms with E-state index in [1.54, 1.807) is 56.0 Å². The predicted molar refractivity (Wildman–Crippen MR) is 167 cm³/mol. The van der Waals surface area contributed by atoms with E-state index in [4.69, 9.17) is 9.47 Å². The van der Waals surface area contributed by atoms with Crippen LogP contribution in [0.1, 0.15) is 61.7 Å². The van der Waals surface area contributed by atoms with Crippen molar-refractivity contribution in [2.75, 3.05) is 11.9 Å². The molecule has 4 amide bonds. The van der Waals surface area contributed by atoms with Crippen molar-refractivity contribution in [2.45, 2.75) is 71.5 Å². The molecule has 10 nitrogen and oxygen atoms in total. The van der Waals surface area contributed by atoms with E-state index in [1.807, 2.05) is 48.5 Å². The summed E-state index contributed by atoms with van der Waals surface area (Å²) in [5, 5.41) is 8.28. The number of benzene rings is 3. The van der Waals surface area contributed by atoms with Crippen LogP contribution in [0.4, 0.5) is 10.5 Å². The highest BCUT2D eigenvalue weighted by Crippen LogP contribution is 2.27. The summed E-state index contributed by atoms with van der Waals surface area (Å²) < 4.78 is 11.2. The smallest absolute Gasteiger partial charge is 0.408 e. The summed E-state index contributed by atoms with van der Waals surface area (Å²) in [4.78, 5) is 53.9. The fourth-order valence-corrected chi connectivity index (χ4v) is 4.64. The second-order valence-corrected chi connectivity index (χ2v) is 12.3. The zero-order valence-corrected chi connectivity index (χ0v) is 25.8. The molecule has 0 aliphatic carbocycles. The molecule has 1 unspecified atom stereocenters. The predicted octanol–water partition coefficient (Wildman–Crippen LogP) is 4.79. The molecule has 1 aliphatic heterocycles. The molecular weight excluding hydrogens is 560 g/mol. The monoisotopic (exact) mass is 600 g/mol. The first kappa shape index (κ1) is 32.2. The number of fused-ring (bicyclic) bond motifs is 1. The van der Waals surface area contributed by atoms with Crippen molar-refractivity contribution < 1.29 is 28.7 Å². The molecule has 0 radical (unpaired) electrons. The van der Waals surface area contributed by atoms with Crippen molar-refractivity contribution in [1.82, 2.24) is 15.5 Å². The number of alkyl carbamates (subject to hydrolysis) is 1. The highest BCUT2D eigenvalue weighted by atomic mass is 16.6. The second-order valence-electron chi connectivity index (χ2n) is 12.3. The summed E-state index contributed by atoms with van der Waals surface area (Å²) in [6.45, 7) is 9.08. The molecule has 44 heavy (non-hydrogen) atoms. The number of amides is 4. The molecule has 4 rings (SSSR count). The number of nitrogens with zero attached hydrogens (tertiary/aromatic N) is 1. The van der Waals surface area contributed by atoms with Crippen molar-refractivity contribution in [1.29, 1.82) is 0 Å². The highest BCUT2D eigenvalue weighted by molar-refractivity contribution is 6.04. The average Bonchev–Trinajstić information content (AvgIpc) is 3.39. The van der Waals surface area contributed by atoms with E-state index in [1.165, 1.54) is 13.8 Å². The van der Waals surface area contributed by atoms with Crippen LogP contribution in [0.25, 0.3) is 0 Å². The number of hydrogen-bond donors (Lipinski definition) is 3. The molecule has 0 spiro atoms. The Balaban J connectivity index is 1.44. The van der Waals surface area contributed by atoms with Gasteiger partial charge in [0, 0.05) is 24.3 Å². The SMILES string of the molecule is CC(C)(C)OC(=O)NC(C)(C)C(=O)NC(COCc1ccccc1)C(=O)N1Cc2ccc(NC(=O)c3ccccc3)cc2C1. The number of anilines is 1. The van der Waals surface area contributed by atoms with Crippen LogP contribution in [-0.4, -0.2) is 52.5 Å². The Morgan fingerprint density at radius 3 is 2.14 bits per heavy atom. The van der Waals surface area contributed by atoms with Crippen LogP contribution >= 0.6 is 0 Å². The second kappa shape index (κ2) is 13.7. The quantitative estimate of drug-likeness (QED) is 0.307. The topological polar surface area (TPSA) is 126 Å². The Morgan fingerprint density at radius 2 is 1.48 bits per heavy atom. The number of ether oxygens (including phenoxy) is 2. The number of hydrogen-bond acceptors (Lipinski definition) is 6. The molecule has 0 aromatic heterocycles. The molecule has 3 aromatic rings. The first-order valence-corrected chi connectivity index (χ1v) is 14.5. The summed E-state index contributed by atoms with van der Waals surface area (Å²) in [5.41, 5.74) is 1.82. The van der Waals surface area contributed by atoms with Gasteiger partial charge < -0.3 is 30.3 Å². The van der Waals surface area contributed by atoms with E-state index < -0.39 is 29.2 Å². The lowest BCUT2D eigenvalue weighted by Crippen LogP contribution is -2.60. The van der Waals surface area contributed by atoms with Gasteiger partial charge in [0.1, 0.15) is 17.2 Å². The minimum Gasteiger partial charge on any atom is -0.444 e. The fraction of sp³-hybridized carbons (Fsp3) is 0.353. The molecule has 0 bridgehead atoms. The van der Waals surface area contributed by atoms with Gasteiger partial charge in [0.25, 0.3) is 5.91 Å². The third kappa shape index (κ3) is 8.90. The normalized spacial score (nSPS) is 13.4. The maximum atomic E-state index is 13.8. The third-order valence-electron chi connectivity index (χ3n) is 6.91. The minimum absolute atomic E-state index is 0.0762. The zero-order valence-electron chi connectivity index (χ0n) is 25.8. The molecule has 3 N–H and O–H groups in total. The summed E-state index contributed by atoms with van der Waals surface area (Å²) in [5.74, 6) is -1.12. The van der Waals surface area contributed by atoms with Crippen molar-refractivity contribution in [2.24, 2.45) is 0 Å². The van der Waals surface area contributed by atoms with Crippen molar-refractivity contribution >= 4 is 29.5 Å². The van der Waals surface area contributed by atoms with E-state index in [9.17, 15) is 19.2 Å². The van der Waals surface area contributed by atoms with E-state index >= 15 is 0 Å². The van der Waals surface area contributed by atoms with E-state index in [-0.39, 0.29) is 25.0 Å². The maximum Gasteiger partial charge on any atom is 0.408 e. The number of carbonyl (C=O) groups excluding carboxylic acids is 4. The Kier molecular flexibility index (Phi) is 10.1. The highest BCUT2D eigenvalue weighted by Gasteiger charge is 2.36. The lowest BCUT2D eigenvalue weighted by atomic mass is 10.0. The Morgan fingerprint density at radius 1 is 0.841 bits per heavy atom. The van der Waals surface area contributed by atoms with E-state index in [0.29, 0.717) is 24.3 Å². The summed E-state index contributed by atoms with van der Waals surface area (Å²) >= 11 is 0. The van der Waals surface area contributed by atoms with Crippen LogP contribution in [0.2, 0.25) is 0 Å². The summed E-state index contributed by atoms with van der Waals surface area (Å²) in [6.07, 6.45) is -0.744. The van der Waals surface area contributed by atoms with Crippen LogP contribution in [-0.2, 0) is 38.8 Å². The molecule has 0 saturated heterocycles.